The van der Waals surface area contributed by atoms with E-state index in [0.717, 1.165) is 22.0 Å². The third kappa shape index (κ3) is 4.27. The number of imide groups is 1. The topological polar surface area (TPSA) is 85.3 Å². The molecule has 36 heavy (non-hydrogen) atoms. The zero-order chi connectivity index (χ0) is 26.6. The van der Waals surface area contributed by atoms with Crippen LogP contribution in [-0.2, 0) is 26.4 Å². The fourth-order valence-electron chi connectivity index (χ4n) is 5.89. The number of urea groups is 1. The molecule has 1 N–H and O–H groups in total. The molecule has 0 radical (unpaired) electrons. The number of carbonyl (C=O) groups is 2. The summed E-state index contributed by atoms with van der Waals surface area (Å²) in [7, 11) is 4.96. The van der Waals surface area contributed by atoms with Crippen LogP contribution in [-0.4, -0.2) is 71.6 Å². The lowest BCUT2D eigenvalue weighted by molar-refractivity contribution is -0.252. The number of rotatable bonds is 4. The number of aromatic nitrogens is 1. The first kappa shape index (κ1) is 26.4. The highest BCUT2D eigenvalue weighted by Crippen LogP contribution is 2.50. The smallest absolute Gasteiger partial charge is 0.324 e. The molecule has 2 heterocycles. The van der Waals surface area contributed by atoms with Crippen molar-refractivity contribution < 1.29 is 24.0 Å². The lowest BCUT2D eigenvalue weighted by Gasteiger charge is -2.53. The Morgan fingerprint density at radius 2 is 1.78 bits per heavy atom. The van der Waals surface area contributed by atoms with Gasteiger partial charge in [0.1, 0.15) is 12.7 Å². The Morgan fingerprint density at radius 1 is 1.08 bits per heavy atom. The van der Waals surface area contributed by atoms with Crippen LogP contribution < -0.4 is 10.2 Å². The molecule has 0 saturated carbocycles. The van der Waals surface area contributed by atoms with Crippen molar-refractivity contribution in [3.8, 4) is 0 Å². The van der Waals surface area contributed by atoms with E-state index in [2.05, 4.69) is 11.4 Å². The van der Waals surface area contributed by atoms with E-state index >= 15 is 0 Å². The fraction of sp³-hybridized carbons (Fsp3) is 0.630. The van der Waals surface area contributed by atoms with Crippen molar-refractivity contribution in [1.29, 1.82) is 0 Å². The molecule has 9 heteroatoms. The van der Waals surface area contributed by atoms with Crippen LogP contribution in [0.5, 0.6) is 0 Å². The molecule has 1 aliphatic carbocycles. The summed E-state index contributed by atoms with van der Waals surface area (Å²) in [6.07, 6.45) is 3.12. The summed E-state index contributed by atoms with van der Waals surface area (Å²) in [4.78, 5) is 40.2. The predicted molar refractivity (Wildman–Crippen MR) is 137 cm³/mol. The van der Waals surface area contributed by atoms with Crippen LogP contribution in [0.3, 0.4) is 0 Å². The molecule has 0 bridgehead atoms. The second kappa shape index (κ2) is 9.04. The highest BCUT2D eigenvalue weighted by Gasteiger charge is 2.56. The number of nitrogens with one attached hydrogen (secondary N) is 1. The van der Waals surface area contributed by atoms with E-state index in [1.165, 1.54) is 4.90 Å². The highest BCUT2D eigenvalue weighted by molar-refractivity contribution is 5.97. The first-order chi connectivity index (χ1) is 16.8. The third-order valence-corrected chi connectivity index (χ3v) is 7.30. The minimum absolute atomic E-state index is 0.145. The molecule has 198 valence electrons. The molecule has 1 saturated heterocycles. The molecule has 3 amide bonds. The monoisotopic (exact) mass is 500 g/mol. The number of hydrogen-bond acceptors (Lipinski definition) is 6. The van der Waals surface area contributed by atoms with Crippen molar-refractivity contribution in [2.24, 2.45) is 5.92 Å². The quantitative estimate of drug-likeness (QED) is 0.692. The standard InChI is InChI=1S/C27H40N4O5/c1-25(2,3)28-24(33)31(26(4,5)6)23(32)18-14-27(34-7)19-11-10-12-20-22(19)17(15-29(20)35-8)13-21(27)30(16-18)36-9/h10-12,15,18,21H,13-14,16H2,1-9H3,(H,28,33)/t18?,21-,27-/m1/s1. The Balaban J connectivity index is 1.80. The van der Waals surface area contributed by atoms with Gasteiger partial charge < -0.3 is 19.7 Å². The molecular formula is C27H40N4O5. The Kier molecular flexibility index (Phi) is 6.64. The van der Waals surface area contributed by atoms with Gasteiger partial charge in [0.2, 0.25) is 5.91 Å². The summed E-state index contributed by atoms with van der Waals surface area (Å²) < 4.78 is 8.12. The summed E-state index contributed by atoms with van der Waals surface area (Å²) in [6, 6.07) is 5.53. The lowest BCUT2D eigenvalue weighted by atomic mass is 9.69. The zero-order valence-electron chi connectivity index (χ0n) is 23.0. The maximum atomic E-state index is 14.1. The highest BCUT2D eigenvalue weighted by atomic mass is 16.7. The molecular weight excluding hydrogens is 460 g/mol. The van der Waals surface area contributed by atoms with Crippen molar-refractivity contribution >= 4 is 22.8 Å². The van der Waals surface area contributed by atoms with Crippen LogP contribution in [0.2, 0.25) is 0 Å². The molecule has 4 rings (SSSR count). The number of ether oxygens (including phenoxy) is 1. The van der Waals surface area contributed by atoms with Crippen LogP contribution in [0, 0.1) is 5.92 Å². The van der Waals surface area contributed by atoms with Gasteiger partial charge in [-0.2, -0.15) is 9.79 Å². The number of benzene rings is 1. The lowest BCUT2D eigenvalue weighted by Crippen LogP contribution is -2.64. The largest absolute Gasteiger partial charge is 0.417 e. The van der Waals surface area contributed by atoms with Crippen molar-refractivity contribution in [3.05, 3.63) is 35.5 Å². The van der Waals surface area contributed by atoms with Crippen molar-refractivity contribution in [1.82, 2.24) is 20.0 Å². The molecule has 1 unspecified atom stereocenters. The van der Waals surface area contributed by atoms with Crippen LogP contribution in [0.15, 0.2) is 24.4 Å². The second-order valence-electron chi connectivity index (χ2n) is 11.9. The third-order valence-electron chi connectivity index (χ3n) is 7.30. The number of hydrogen-bond donors (Lipinski definition) is 1. The Bertz CT molecular complexity index is 1160. The van der Waals surface area contributed by atoms with Crippen LogP contribution >= 0.6 is 0 Å². The van der Waals surface area contributed by atoms with Gasteiger partial charge >= 0.3 is 6.03 Å². The van der Waals surface area contributed by atoms with Gasteiger partial charge in [-0.15, -0.1) is 0 Å². The summed E-state index contributed by atoms with van der Waals surface area (Å²) in [5.41, 5.74) is 1.12. The van der Waals surface area contributed by atoms with E-state index in [1.807, 2.05) is 64.9 Å². The summed E-state index contributed by atoms with van der Waals surface area (Å²) in [6.45, 7) is 11.7. The van der Waals surface area contributed by atoms with E-state index in [9.17, 15) is 9.59 Å². The van der Waals surface area contributed by atoms with Crippen LogP contribution in [0.25, 0.3) is 10.9 Å². The van der Waals surface area contributed by atoms with Gasteiger partial charge in [-0.1, -0.05) is 12.1 Å². The minimum Gasteiger partial charge on any atom is -0.417 e. The maximum absolute atomic E-state index is 14.1. The van der Waals surface area contributed by atoms with Crippen LogP contribution in [0.1, 0.15) is 59.1 Å². The number of hydroxylamine groups is 2. The van der Waals surface area contributed by atoms with E-state index in [-0.39, 0.29) is 11.9 Å². The van der Waals surface area contributed by atoms with Crippen molar-refractivity contribution in [3.63, 3.8) is 0 Å². The van der Waals surface area contributed by atoms with Gasteiger partial charge in [0.05, 0.1) is 24.6 Å². The molecule has 0 spiro atoms. The van der Waals surface area contributed by atoms with E-state index < -0.39 is 28.6 Å². The molecule has 1 aliphatic heterocycles. The van der Waals surface area contributed by atoms with Crippen molar-refractivity contribution in [2.75, 3.05) is 27.9 Å². The van der Waals surface area contributed by atoms with E-state index in [0.29, 0.717) is 19.4 Å². The van der Waals surface area contributed by atoms with Gasteiger partial charge in [-0.3, -0.25) is 9.69 Å². The number of carbonyl (C=O) groups excluding carboxylic acids is 2. The Labute approximate surface area is 213 Å². The minimum atomic E-state index is -0.801. The number of fused-ring (bicyclic) bond motifs is 2. The Hall–Kier alpha value is -2.62. The molecule has 2 aromatic rings. The Morgan fingerprint density at radius 3 is 2.33 bits per heavy atom. The fourth-order valence-corrected chi connectivity index (χ4v) is 5.89. The first-order valence-electron chi connectivity index (χ1n) is 12.5. The second-order valence-corrected chi connectivity index (χ2v) is 11.9. The van der Waals surface area contributed by atoms with Gasteiger partial charge in [-0.05, 0) is 71.6 Å². The van der Waals surface area contributed by atoms with Gasteiger partial charge in [0.25, 0.3) is 0 Å². The van der Waals surface area contributed by atoms with Gasteiger partial charge in [0.15, 0.2) is 0 Å². The normalized spacial score (nSPS) is 24.4. The van der Waals surface area contributed by atoms with Crippen molar-refractivity contribution in [2.45, 2.75) is 77.1 Å². The number of methoxy groups -OCH3 is 1. The predicted octanol–water partition coefficient (Wildman–Crippen LogP) is 3.48. The average molecular weight is 501 g/mol. The maximum Gasteiger partial charge on any atom is 0.324 e. The number of nitrogens with zero attached hydrogens (tertiary/aromatic N) is 3. The summed E-state index contributed by atoms with van der Waals surface area (Å²) in [5, 5.41) is 5.90. The summed E-state index contributed by atoms with van der Waals surface area (Å²) in [5.74, 6) is -0.763. The molecule has 1 fully saturated rings. The molecule has 9 nitrogen and oxygen atoms in total. The molecule has 1 aromatic heterocycles. The number of piperidine rings is 1. The zero-order valence-corrected chi connectivity index (χ0v) is 23.0. The van der Waals surface area contributed by atoms with Gasteiger partial charge in [-0.25, -0.2) is 4.79 Å². The molecule has 2 aliphatic rings. The van der Waals surface area contributed by atoms with E-state index in [1.54, 1.807) is 26.1 Å². The summed E-state index contributed by atoms with van der Waals surface area (Å²) >= 11 is 0. The van der Waals surface area contributed by atoms with Gasteiger partial charge in [0, 0.05) is 36.3 Å². The van der Waals surface area contributed by atoms with Crippen LogP contribution in [0.4, 0.5) is 4.79 Å². The SMILES string of the molecule is CON1CC(C(=O)N(C(=O)NC(C)(C)C)C(C)(C)C)C[C@@]2(OC)c3cccc4c3c(cn4OC)C[C@@H]12. The van der Waals surface area contributed by atoms with E-state index in [4.69, 9.17) is 14.4 Å². The number of amides is 3. The first-order valence-corrected chi connectivity index (χ1v) is 12.5. The average Bonchev–Trinajstić information content (AvgIpc) is 3.15. The molecule has 1 aromatic carbocycles. The molecule has 3 atom stereocenters.